The van der Waals surface area contributed by atoms with Crippen LogP contribution in [0.15, 0.2) is 60.8 Å². The van der Waals surface area contributed by atoms with E-state index in [9.17, 15) is 18.0 Å². The number of aromatic nitrogens is 1. The summed E-state index contributed by atoms with van der Waals surface area (Å²) in [5.74, 6) is 0.738. The molecule has 1 saturated heterocycles. The van der Waals surface area contributed by atoms with Crippen LogP contribution in [0.4, 0.5) is 35.2 Å². The SMILES string of the molecule is CCN1CCN(Cc2ccc(NC(=O)Nc3ccc(-c4ccnc(NC)c4)cc3)cc2C(F)(F)F)CC1. The second-order valence-electron chi connectivity index (χ2n) is 8.92. The lowest BCUT2D eigenvalue weighted by Crippen LogP contribution is -2.45. The van der Waals surface area contributed by atoms with E-state index in [2.05, 4.69) is 32.8 Å². The lowest BCUT2D eigenvalue weighted by molar-refractivity contribution is -0.138. The van der Waals surface area contributed by atoms with Crippen LogP contribution in [0, 0.1) is 0 Å². The first-order valence-electron chi connectivity index (χ1n) is 12.2. The maximum absolute atomic E-state index is 13.8. The van der Waals surface area contributed by atoms with E-state index in [1.165, 1.54) is 12.1 Å². The van der Waals surface area contributed by atoms with Gasteiger partial charge < -0.3 is 20.9 Å². The molecule has 1 fully saturated rings. The highest BCUT2D eigenvalue weighted by Gasteiger charge is 2.34. The molecular formula is C27H31F3N6O. The van der Waals surface area contributed by atoms with E-state index < -0.39 is 17.8 Å². The second kappa shape index (κ2) is 11.6. The Balaban J connectivity index is 1.40. The molecule has 4 rings (SSSR count). The highest BCUT2D eigenvalue weighted by Crippen LogP contribution is 2.34. The van der Waals surface area contributed by atoms with Crippen LogP contribution in [0.25, 0.3) is 11.1 Å². The van der Waals surface area contributed by atoms with Gasteiger partial charge in [0.25, 0.3) is 0 Å². The number of hydrogen-bond acceptors (Lipinski definition) is 5. The number of anilines is 3. The molecule has 0 spiro atoms. The average Bonchev–Trinajstić information content (AvgIpc) is 2.90. The van der Waals surface area contributed by atoms with Gasteiger partial charge in [0.1, 0.15) is 5.82 Å². The number of likely N-dealkylation sites (N-methyl/N-ethyl adjacent to an activating group) is 1. The van der Waals surface area contributed by atoms with Gasteiger partial charge in [0, 0.05) is 57.3 Å². The molecule has 0 radical (unpaired) electrons. The van der Waals surface area contributed by atoms with Crippen LogP contribution in [0.3, 0.4) is 0 Å². The van der Waals surface area contributed by atoms with Gasteiger partial charge in [0.15, 0.2) is 0 Å². The molecule has 1 aliphatic heterocycles. The Hall–Kier alpha value is -3.63. The number of nitrogens with one attached hydrogen (secondary N) is 3. The number of urea groups is 1. The molecule has 0 unspecified atom stereocenters. The number of nitrogens with zero attached hydrogens (tertiary/aromatic N) is 3. The Morgan fingerprint density at radius 2 is 1.54 bits per heavy atom. The predicted octanol–water partition coefficient (Wildman–Crippen LogP) is 5.59. The smallest absolute Gasteiger partial charge is 0.373 e. The van der Waals surface area contributed by atoms with Crippen LogP contribution in [0.5, 0.6) is 0 Å². The predicted molar refractivity (Wildman–Crippen MR) is 141 cm³/mol. The molecule has 1 aromatic heterocycles. The van der Waals surface area contributed by atoms with E-state index in [1.807, 2.05) is 29.2 Å². The fraction of sp³-hybridized carbons (Fsp3) is 0.333. The molecule has 1 aliphatic rings. The standard InChI is InChI=1S/C27H31F3N6O/c1-3-35-12-14-36(15-13-35)18-21-6-9-23(17-24(21)27(28,29)30)34-26(37)33-22-7-4-19(5-8-22)20-10-11-32-25(16-20)31-2/h4-11,16-17H,3,12-15,18H2,1-2H3,(H,31,32)(H2,33,34,37). The third-order valence-corrected chi connectivity index (χ3v) is 6.47. The van der Waals surface area contributed by atoms with Crippen LogP contribution in [-0.2, 0) is 12.7 Å². The topological polar surface area (TPSA) is 72.5 Å². The maximum Gasteiger partial charge on any atom is 0.416 e. The highest BCUT2D eigenvalue weighted by molar-refractivity contribution is 6.00. The van der Waals surface area contributed by atoms with Crippen LogP contribution < -0.4 is 16.0 Å². The Morgan fingerprint density at radius 3 is 2.19 bits per heavy atom. The van der Waals surface area contributed by atoms with Crippen molar-refractivity contribution in [3.63, 3.8) is 0 Å². The molecule has 0 atom stereocenters. The Morgan fingerprint density at radius 1 is 0.892 bits per heavy atom. The van der Waals surface area contributed by atoms with Crippen molar-refractivity contribution < 1.29 is 18.0 Å². The Kier molecular flexibility index (Phi) is 8.30. The molecule has 196 valence electrons. The number of hydrogen-bond donors (Lipinski definition) is 3. The summed E-state index contributed by atoms with van der Waals surface area (Å²) in [5, 5.41) is 8.18. The lowest BCUT2D eigenvalue weighted by Gasteiger charge is -2.34. The zero-order valence-electron chi connectivity index (χ0n) is 20.9. The van der Waals surface area contributed by atoms with Crippen LogP contribution >= 0.6 is 0 Å². The number of carbonyl (C=O) groups excluding carboxylic acids is 1. The fourth-order valence-electron chi connectivity index (χ4n) is 4.35. The van der Waals surface area contributed by atoms with Gasteiger partial charge in [-0.25, -0.2) is 9.78 Å². The molecule has 0 bridgehead atoms. The zero-order chi connectivity index (χ0) is 26.4. The van der Waals surface area contributed by atoms with Crippen LogP contribution in [-0.4, -0.2) is 60.6 Å². The van der Waals surface area contributed by atoms with Crippen LogP contribution in [0.1, 0.15) is 18.1 Å². The third kappa shape index (κ3) is 6.99. The number of piperazine rings is 1. The van der Waals surface area contributed by atoms with E-state index in [0.29, 0.717) is 5.69 Å². The Labute approximate surface area is 214 Å². The summed E-state index contributed by atoms with van der Waals surface area (Å²) in [6, 6.07) is 14.3. The first kappa shape index (κ1) is 26.4. The molecule has 2 amide bonds. The zero-order valence-corrected chi connectivity index (χ0v) is 20.9. The molecule has 0 aliphatic carbocycles. The van der Waals surface area contributed by atoms with Crippen LogP contribution in [0.2, 0.25) is 0 Å². The lowest BCUT2D eigenvalue weighted by atomic mass is 10.0. The van der Waals surface area contributed by atoms with E-state index in [1.54, 1.807) is 25.4 Å². The molecule has 0 saturated carbocycles. The number of alkyl halides is 3. The number of halogens is 3. The minimum Gasteiger partial charge on any atom is -0.373 e. The van der Waals surface area contributed by atoms with Gasteiger partial charge in [0.2, 0.25) is 0 Å². The number of rotatable bonds is 7. The normalized spacial score (nSPS) is 14.8. The summed E-state index contributed by atoms with van der Waals surface area (Å²) in [6.07, 6.45) is -2.82. The van der Waals surface area contributed by atoms with Crippen molar-refractivity contribution in [2.45, 2.75) is 19.6 Å². The first-order valence-corrected chi connectivity index (χ1v) is 12.2. The molecule has 7 nitrogen and oxygen atoms in total. The van der Waals surface area contributed by atoms with Gasteiger partial charge in [-0.2, -0.15) is 13.2 Å². The van der Waals surface area contributed by atoms with Gasteiger partial charge in [-0.15, -0.1) is 0 Å². The highest BCUT2D eigenvalue weighted by atomic mass is 19.4. The van der Waals surface area contributed by atoms with Crippen molar-refractivity contribution in [3.05, 3.63) is 71.9 Å². The summed E-state index contributed by atoms with van der Waals surface area (Å²) in [4.78, 5) is 21.0. The molecule has 3 N–H and O–H groups in total. The monoisotopic (exact) mass is 512 g/mol. The second-order valence-corrected chi connectivity index (χ2v) is 8.92. The van der Waals surface area contributed by atoms with E-state index in [-0.39, 0.29) is 17.8 Å². The quantitative estimate of drug-likeness (QED) is 0.385. The van der Waals surface area contributed by atoms with Gasteiger partial charge >= 0.3 is 12.2 Å². The van der Waals surface area contributed by atoms with Crippen molar-refractivity contribution in [3.8, 4) is 11.1 Å². The largest absolute Gasteiger partial charge is 0.416 e. The number of amides is 2. The summed E-state index contributed by atoms with van der Waals surface area (Å²) in [7, 11) is 1.79. The third-order valence-electron chi connectivity index (χ3n) is 6.47. The minimum absolute atomic E-state index is 0.0809. The first-order chi connectivity index (χ1) is 17.7. The molecule has 37 heavy (non-hydrogen) atoms. The van der Waals surface area contributed by atoms with Crippen molar-refractivity contribution >= 4 is 23.2 Å². The molecule has 2 heterocycles. The van der Waals surface area contributed by atoms with Gasteiger partial charge in [0.05, 0.1) is 5.56 Å². The molecule has 2 aromatic carbocycles. The number of benzene rings is 2. The van der Waals surface area contributed by atoms with Crippen molar-refractivity contribution in [1.29, 1.82) is 0 Å². The fourth-order valence-corrected chi connectivity index (χ4v) is 4.35. The summed E-state index contributed by atoms with van der Waals surface area (Å²) in [5.41, 5.74) is 1.97. The minimum atomic E-state index is -4.52. The molecular weight excluding hydrogens is 481 g/mol. The number of carbonyl (C=O) groups is 1. The van der Waals surface area contributed by atoms with E-state index >= 15 is 0 Å². The average molecular weight is 513 g/mol. The summed E-state index contributed by atoms with van der Waals surface area (Å²) >= 11 is 0. The van der Waals surface area contributed by atoms with Crippen molar-refractivity contribution in [2.75, 3.05) is 55.7 Å². The summed E-state index contributed by atoms with van der Waals surface area (Å²) < 4.78 is 41.5. The summed E-state index contributed by atoms with van der Waals surface area (Å²) in [6.45, 7) is 6.39. The van der Waals surface area contributed by atoms with Gasteiger partial charge in [-0.1, -0.05) is 25.1 Å². The molecule has 3 aromatic rings. The molecule has 10 heteroatoms. The van der Waals surface area contributed by atoms with E-state index in [4.69, 9.17) is 0 Å². The Bertz CT molecular complexity index is 1210. The van der Waals surface area contributed by atoms with E-state index in [0.717, 1.165) is 55.7 Å². The van der Waals surface area contributed by atoms with Crippen molar-refractivity contribution in [1.82, 2.24) is 14.8 Å². The maximum atomic E-state index is 13.8. The van der Waals surface area contributed by atoms with Crippen molar-refractivity contribution in [2.24, 2.45) is 0 Å². The van der Waals surface area contributed by atoms with Gasteiger partial charge in [-0.3, -0.25) is 4.90 Å². The number of pyridine rings is 1. The van der Waals surface area contributed by atoms with Gasteiger partial charge in [-0.05, 0) is 59.6 Å².